The summed E-state index contributed by atoms with van der Waals surface area (Å²) in [5.41, 5.74) is 16.4. The van der Waals surface area contributed by atoms with E-state index in [2.05, 4.69) is 48.9 Å². The monoisotopic (exact) mass is 769 g/mol. The van der Waals surface area contributed by atoms with Gasteiger partial charge in [-0.05, 0) is 115 Å². The van der Waals surface area contributed by atoms with Crippen LogP contribution >= 0.6 is 23.2 Å². The first-order valence-electron chi connectivity index (χ1n) is 18.0. The summed E-state index contributed by atoms with van der Waals surface area (Å²) in [6, 6.07) is 13.9. The van der Waals surface area contributed by atoms with Crippen LogP contribution in [0.25, 0.3) is 22.0 Å². The lowest BCUT2D eigenvalue weighted by Crippen LogP contribution is -2.41. The number of ether oxygens (including phenoxy) is 1. The highest BCUT2D eigenvalue weighted by molar-refractivity contribution is 6.34. The third kappa shape index (κ3) is 7.87. The smallest absolute Gasteiger partial charge is 0.278 e. The Bertz CT molecular complexity index is 2170. The van der Waals surface area contributed by atoms with Crippen molar-refractivity contribution >= 4 is 58.3 Å². The fourth-order valence-electron chi connectivity index (χ4n) is 7.92. The van der Waals surface area contributed by atoms with Gasteiger partial charge in [-0.15, -0.1) is 0 Å². The summed E-state index contributed by atoms with van der Waals surface area (Å²) >= 11 is 13.7. The van der Waals surface area contributed by atoms with Crippen molar-refractivity contribution in [2.24, 2.45) is 17.8 Å². The number of carbonyl (C=O) groups excluding carboxylic acids is 2. The molecule has 1 amide bonds. The maximum atomic E-state index is 13.2. The highest BCUT2D eigenvalue weighted by Crippen LogP contribution is 2.58. The van der Waals surface area contributed by atoms with E-state index in [1.165, 1.54) is 5.56 Å². The number of aryl methyl sites for hydroxylation is 5. The van der Waals surface area contributed by atoms with E-state index in [0.29, 0.717) is 17.2 Å². The van der Waals surface area contributed by atoms with Gasteiger partial charge in [-0.2, -0.15) is 4.99 Å². The fraction of sp³-hybridized carbons (Fsp3) is 0.357. The number of halogens is 2. The molecule has 0 aliphatic carbocycles. The number of rotatable bonds is 11. The Morgan fingerprint density at radius 3 is 2.31 bits per heavy atom. The van der Waals surface area contributed by atoms with Gasteiger partial charge in [0.2, 0.25) is 0 Å². The zero-order chi connectivity index (χ0) is 39.4. The van der Waals surface area contributed by atoms with E-state index >= 15 is 0 Å². The number of fused-ring (bicyclic) bond motifs is 2. The van der Waals surface area contributed by atoms with Gasteiger partial charge in [0.15, 0.2) is 0 Å². The van der Waals surface area contributed by atoms with Crippen molar-refractivity contribution in [1.29, 1.82) is 0 Å². The molecule has 5 aromatic rings. The van der Waals surface area contributed by atoms with Gasteiger partial charge >= 0.3 is 0 Å². The quantitative estimate of drug-likeness (QED) is 0.0777. The molecule has 3 aromatic carbocycles. The van der Waals surface area contributed by atoms with Crippen LogP contribution in [0.4, 0.5) is 5.69 Å². The summed E-state index contributed by atoms with van der Waals surface area (Å²) in [7, 11) is 4.03. The molecule has 1 aliphatic heterocycles. The molecule has 284 valence electrons. The van der Waals surface area contributed by atoms with Crippen molar-refractivity contribution < 1.29 is 14.3 Å². The van der Waals surface area contributed by atoms with Crippen molar-refractivity contribution in [3.63, 3.8) is 0 Å². The van der Waals surface area contributed by atoms with Crippen LogP contribution in [0.2, 0.25) is 10.0 Å². The molecule has 0 radical (unpaired) electrons. The number of hydrogen-bond donors (Lipinski definition) is 2. The van der Waals surface area contributed by atoms with E-state index in [9.17, 15) is 4.79 Å². The first-order chi connectivity index (χ1) is 25.8. The zero-order valence-electron chi connectivity index (χ0n) is 32.3. The largest absolute Gasteiger partial charge is 0.494 e. The zero-order valence-corrected chi connectivity index (χ0v) is 33.8. The molecule has 12 heteroatoms. The molecule has 0 fully saturated rings. The van der Waals surface area contributed by atoms with E-state index < -0.39 is 0 Å². The van der Waals surface area contributed by atoms with Crippen LogP contribution in [-0.2, 0) is 11.8 Å². The Hall–Kier alpha value is -4.77. The molecule has 0 bridgehead atoms. The summed E-state index contributed by atoms with van der Waals surface area (Å²) in [4.78, 5) is 36.9. The molecular weight excluding hydrogens is 721 g/mol. The van der Waals surface area contributed by atoms with E-state index in [1.54, 1.807) is 13.3 Å². The van der Waals surface area contributed by atoms with Crippen molar-refractivity contribution in [2.45, 2.75) is 72.4 Å². The van der Waals surface area contributed by atoms with E-state index in [-0.39, 0.29) is 29.7 Å². The Labute approximate surface area is 327 Å². The number of nitrogens with zero attached hydrogens (tertiary/aromatic N) is 5. The van der Waals surface area contributed by atoms with Crippen LogP contribution < -0.4 is 20.7 Å². The molecule has 54 heavy (non-hydrogen) atoms. The summed E-state index contributed by atoms with van der Waals surface area (Å²) in [5, 5.41) is 5.83. The Balaban J connectivity index is 0.00000276. The average molecular weight is 771 g/mol. The highest BCUT2D eigenvalue weighted by Gasteiger charge is 2.44. The lowest BCUT2D eigenvalue weighted by molar-refractivity contribution is -0.0980. The van der Waals surface area contributed by atoms with Crippen molar-refractivity contribution in [3.05, 3.63) is 104 Å². The average Bonchev–Trinajstić information content (AvgIpc) is 3.63. The summed E-state index contributed by atoms with van der Waals surface area (Å²) in [5.74, 6) is 0.736. The van der Waals surface area contributed by atoms with Gasteiger partial charge < -0.3 is 30.0 Å². The van der Waals surface area contributed by atoms with Crippen molar-refractivity contribution in [1.82, 2.24) is 19.9 Å². The highest BCUT2D eigenvalue weighted by atomic mass is 35.5. The maximum Gasteiger partial charge on any atom is 0.278 e. The second-order valence-corrected chi connectivity index (χ2v) is 14.8. The third-order valence-electron chi connectivity index (χ3n) is 10.1. The minimum atomic E-state index is -0.364. The first-order valence-corrected chi connectivity index (χ1v) is 18.7. The molecule has 3 N–H and O–H groups in total. The fourth-order valence-corrected chi connectivity index (χ4v) is 8.28. The summed E-state index contributed by atoms with van der Waals surface area (Å²) < 4.78 is 8.47. The van der Waals surface area contributed by atoms with E-state index in [1.807, 2.05) is 85.0 Å². The van der Waals surface area contributed by atoms with E-state index in [4.69, 9.17) is 38.5 Å². The SMILES string of the molecule is C=O.CNC[C@@H](C)N1c2c(ccc(Cl)c2-c2c(C)ncnc2C)C(CCCOc2cc(C)c(Cl)c(C)c2)C1c1cn(C)c2ccc(C(=O)N=C(C)N)cc12. The number of hydrogen-bond acceptors (Lipinski definition) is 7. The van der Waals surface area contributed by atoms with Gasteiger partial charge in [-0.1, -0.05) is 29.3 Å². The maximum absolute atomic E-state index is 13.2. The number of carbonyl (C=O) groups is 2. The topological polar surface area (TPSA) is 128 Å². The van der Waals surface area contributed by atoms with Gasteiger partial charge in [0.1, 0.15) is 24.7 Å². The Kier molecular flexibility index (Phi) is 12.8. The third-order valence-corrected chi connectivity index (χ3v) is 11.1. The molecule has 2 aromatic heterocycles. The van der Waals surface area contributed by atoms with Gasteiger partial charge in [-0.25, -0.2) is 9.97 Å². The summed E-state index contributed by atoms with van der Waals surface area (Å²) in [6.07, 6.45) is 5.45. The number of amides is 1. The standard InChI is InChI=1S/C41H47Cl2N7O2.CH2O/c1-22-16-29(17-23(2)38(22)43)52-15-9-10-30-31-12-13-34(42)37(36-25(4)46-21-47-26(36)5)40(31)50(24(3)19-45-7)39(30)33-20-49(8)35-14-11-28(18-32(33)35)41(51)48-27(6)44;1-2/h11-14,16-18,20-21,24,30,39,45H,9-10,15,19H2,1-8H3,(H2,44,48,51);1H2/t24-,30?,39?;/m1./s1. The summed E-state index contributed by atoms with van der Waals surface area (Å²) in [6.45, 7) is 15.2. The van der Waals surface area contributed by atoms with Crippen LogP contribution in [0, 0.1) is 27.7 Å². The van der Waals surface area contributed by atoms with Gasteiger partial charge in [0, 0.05) is 81.3 Å². The molecule has 6 rings (SSSR count). The lowest BCUT2D eigenvalue weighted by Gasteiger charge is -2.37. The molecule has 10 nitrogen and oxygen atoms in total. The molecule has 1 aliphatic rings. The number of aliphatic imine (C=N–C) groups is 1. The Morgan fingerprint density at radius 2 is 1.69 bits per heavy atom. The van der Waals surface area contributed by atoms with Crippen LogP contribution in [-0.4, -0.2) is 59.3 Å². The normalized spacial score (nSPS) is 15.9. The number of aromatic nitrogens is 3. The number of anilines is 1. The number of benzene rings is 3. The van der Waals surface area contributed by atoms with Gasteiger partial charge in [0.25, 0.3) is 5.91 Å². The van der Waals surface area contributed by atoms with Crippen molar-refractivity contribution in [3.8, 4) is 16.9 Å². The molecule has 0 spiro atoms. The van der Waals surface area contributed by atoms with E-state index in [0.717, 1.165) is 86.0 Å². The molecule has 0 saturated carbocycles. The van der Waals surface area contributed by atoms with Crippen molar-refractivity contribution in [2.75, 3.05) is 25.1 Å². The molecular formula is C42H49Cl2N7O3. The lowest BCUT2D eigenvalue weighted by atomic mass is 9.85. The van der Waals surface area contributed by atoms with Gasteiger partial charge in [0.05, 0.1) is 23.4 Å². The minimum absolute atomic E-state index is 0.0574. The first kappa shape index (κ1) is 40.4. The molecule has 2 unspecified atom stereocenters. The molecule has 3 atom stereocenters. The van der Waals surface area contributed by atoms with Crippen LogP contribution in [0.5, 0.6) is 5.75 Å². The van der Waals surface area contributed by atoms with Gasteiger partial charge in [-0.3, -0.25) is 4.79 Å². The predicted molar refractivity (Wildman–Crippen MR) is 221 cm³/mol. The molecule has 0 saturated heterocycles. The second-order valence-electron chi connectivity index (χ2n) is 14.0. The second kappa shape index (κ2) is 17.1. The Morgan fingerprint density at radius 1 is 1.02 bits per heavy atom. The number of likely N-dealkylation sites (N-methyl/N-ethyl adjacent to an activating group) is 1. The minimum Gasteiger partial charge on any atom is -0.494 e. The van der Waals surface area contributed by atoms with Crippen LogP contribution in [0.15, 0.2) is 60.0 Å². The predicted octanol–water partition coefficient (Wildman–Crippen LogP) is 8.62. The number of nitrogens with one attached hydrogen (secondary N) is 1. The van der Waals surface area contributed by atoms with Crippen LogP contribution in [0.1, 0.15) is 82.6 Å². The van der Waals surface area contributed by atoms with Crippen LogP contribution in [0.3, 0.4) is 0 Å². The number of nitrogens with two attached hydrogens (primary N) is 1. The molecule has 3 heterocycles. The number of amidine groups is 1.